The third kappa shape index (κ3) is 1.52. The molecule has 2 nitrogen and oxygen atoms in total. The van der Waals surface area contributed by atoms with Crippen molar-refractivity contribution in [2.24, 2.45) is 0 Å². The standard InChI is InChI=1S/C10H10N2S/c1-7-8-5-3-4-6-9(8)12-10(11-7)13-2/h3-6H,1-2H3. The number of hydrogen-bond acceptors (Lipinski definition) is 3. The summed E-state index contributed by atoms with van der Waals surface area (Å²) in [5, 5.41) is 1.98. The molecular weight excluding hydrogens is 180 g/mol. The Kier molecular flexibility index (Phi) is 2.19. The Balaban J connectivity index is 2.77. The van der Waals surface area contributed by atoms with E-state index in [-0.39, 0.29) is 0 Å². The monoisotopic (exact) mass is 190 g/mol. The van der Waals surface area contributed by atoms with Gasteiger partial charge in [0.15, 0.2) is 5.16 Å². The lowest BCUT2D eigenvalue weighted by molar-refractivity contribution is 0.972. The van der Waals surface area contributed by atoms with Gasteiger partial charge in [0.1, 0.15) is 0 Å². The van der Waals surface area contributed by atoms with Gasteiger partial charge in [0.25, 0.3) is 0 Å². The number of benzene rings is 1. The molecular formula is C10H10N2S. The molecule has 0 amide bonds. The predicted molar refractivity (Wildman–Crippen MR) is 56.1 cm³/mol. The van der Waals surface area contributed by atoms with Crippen LogP contribution in [-0.2, 0) is 0 Å². The van der Waals surface area contributed by atoms with E-state index < -0.39 is 0 Å². The Labute approximate surface area is 81.4 Å². The van der Waals surface area contributed by atoms with Crippen LogP contribution in [0.1, 0.15) is 5.69 Å². The third-order valence-corrected chi connectivity index (χ3v) is 2.50. The Morgan fingerprint density at radius 3 is 2.69 bits per heavy atom. The van der Waals surface area contributed by atoms with Crippen LogP contribution in [0.25, 0.3) is 10.9 Å². The van der Waals surface area contributed by atoms with Crippen molar-refractivity contribution in [3.63, 3.8) is 0 Å². The van der Waals surface area contributed by atoms with Crippen LogP contribution >= 0.6 is 11.8 Å². The van der Waals surface area contributed by atoms with Crippen molar-refractivity contribution in [2.45, 2.75) is 12.1 Å². The highest BCUT2D eigenvalue weighted by molar-refractivity contribution is 7.98. The van der Waals surface area contributed by atoms with Gasteiger partial charge in [-0.05, 0) is 19.2 Å². The van der Waals surface area contributed by atoms with Gasteiger partial charge in [-0.1, -0.05) is 30.0 Å². The molecule has 0 N–H and O–H groups in total. The molecule has 0 saturated carbocycles. The lowest BCUT2D eigenvalue weighted by Gasteiger charge is -2.02. The van der Waals surface area contributed by atoms with Gasteiger partial charge in [-0.25, -0.2) is 9.97 Å². The van der Waals surface area contributed by atoms with Gasteiger partial charge in [-0.15, -0.1) is 0 Å². The molecule has 0 saturated heterocycles. The summed E-state index contributed by atoms with van der Waals surface area (Å²) in [6.07, 6.45) is 1.99. The van der Waals surface area contributed by atoms with Crippen LogP contribution in [0, 0.1) is 6.92 Å². The Bertz CT molecular complexity index is 440. The van der Waals surface area contributed by atoms with E-state index in [0.29, 0.717) is 0 Å². The molecule has 2 rings (SSSR count). The minimum Gasteiger partial charge on any atom is -0.227 e. The van der Waals surface area contributed by atoms with Crippen LogP contribution in [0.3, 0.4) is 0 Å². The maximum Gasteiger partial charge on any atom is 0.188 e. The summed E-state index contributed by atoms with van der Waals surface area (Å²) in [5.74, 6) is 0. The molecule has 66 valence electrons. The lowest BCUT2D eigenvalue weighted by atomic mass is 10.2. The van der Waals surface area contributed by atoms with Crippen molar-refractivity contribution in [2.75, 3.05) is 6.26 Å². The second-order valence-corrected chi connectivity index (χ2v) is 3.59. The zero-order chi connectivity index (χ0) is 9.26. The first-order valence-corrected chi connectivity index (χ1v) is 5.31. The maximum absolute atomic E-state index is 4.41. The summed E-state index contributed by atoms with van der Waals surface area (Å²) in [4.78, 5) is 8.78. The molecule has 1 aromatic carbocycles. The molecule has 0 spiro atoms. The van der Waals surface area contributed by atoms with Crippen LogP contribution in [0.2, 0.25) is 0 Å². The first kappa shape index (κ1) is 8.51. The molecule has 0 radical (unpaired) electrons. The number of hydrogen-bond donors (Lipinski definition) is 0. The van der Waals surface area contributed by atoms with Gasteiger partial charge in [0, 0.05) is 11.1 Å². The van der Waals surface area contributed by atoms with Crippen molar-refractivity contribution < 1.29 is 0 Å². The summed E-state index contributed by atoms with van der Waals surface area (Å²) in [7, 11) is 0. The molecule has 0 atom stereocenters. The summed E-state index contributed by atoms with van der Waals surface area (Å²) in [5.41, 5.74) is 2.08. The summed E-state index contributed by atoms with van der Waals surface area (Å²) in [6, 6.07) is 8.08. The average Bonchev–Trinajstić information content (AvgIpc) is 2.18. The number of aryl methyl sites for hydroxylation is 1. The number of rotatable bonds is 1. The minimum atomic E-state index is 0.844. The van der Waals surface area contributed by atoms with E-state index in [4.69, 9.17) is 0 Å². The number of thioether (sulfide) groups is 1. The minimum absolute atomic E-state index is 0.844. The van der Waals surface area contributed by atoms with E-state index in [9.17, 15) is 0 Å². The summed E-state index contributed by atoms with van der Waals surface area (Å²) < 4.78 is 0. The SMILES string of the molecule is CSc1nc(C)c2ccccc2n1. The van der Waals surface area contributed by atoms with Crippen molar-refractivity contribution in [1.82, 2.24) is 9.97 Å². The van der Waals surface area contributed by atoms with Crippen molar-refractivity contribution in [1.29, 1.82) is 0 Å². The topological polar surface area (TPSA) is 25.8 Å². The normalized spacial score (nSPS) is 10.6. The lowest BCUT2D eigenvalue weighted by Crippen LogP contribution is -1.91. The number of nitrogens with zero attached hydrogens (tertiary/aromatic N) is 2. The van der Waals surface area contributed by atoms with Crippen molar-refractivity contribution in [3.8, 4) is 0 Å². The first-order valence-electron chi connectivity index (χ1n) is 4.08. The highest BCUT2D eigenvalue weighted by atomic mass is 32.2. The first-order chi connectivity index (χ1) is 6.31. The number of aromatic nitrogens is 2. The molecule has 1 aromatic heterocycles. The Morgan fingerprint density at radius 1 is 1.15 bits per heavy atom. The van der Waals surface area contributed by atoms with Gasteiger partial charge in [0.2, 0.25) is 0 Å². The predicted octanol–water partition coefficient (Wildman–Crippen LogP) is 2.66. The summed E-state index contributed by atoms with van der Waals surface area (Å²) >= 11 is 1.58. The molecule has 0 aliphatic carbocycles. The van der Waals surface area contributed by atoms with Gasteiger partial charge in [0.05, 0.1) is 5.52 Å². The van der Waals surface area contributed by atoms with E-state index in [2.05, 4.69) is 16.0 Å². The van der Waals surface area contributed by atoms with E-state index >= 15 is 0 Å². The fourth-order valence-electron chi connectivity index (χ4n) is 1.30. The molecule has 2 aromatic rings. The molecule has 0 aliphatic rings. The van der Waals surface area contributed by atoms with E-state index in [1.807, 2.05) is 31.4 Å². The van der Waals surface area contributed by atoms with Crippen LogP contribution in [0.15, 0.2) is 29.4 Å². The quantitative estimate of drug-likeness (QED) is 0.510. The second kappa shape index (κ2) is 3.34. The highest BCUT2D eigenvalue weighted by Gasteiger charge is 2.01. The fraction of sp³-hybridized carbons (Fsp3) is 0.200. The van der Waals surface area contributed by atoms with Crippen molar-refractivity contribution >= 4 is 22.7 Å². The number of fused-ring (bicyclic) bond motifs is 1. The van der Waals surface area contributed by atoms with E-state index in [1.54, 1.807) is 11.8 Å². The van der Waals surface area contributed by atoms with Crippen LogP contribution in [0.5, 0.6) is 0 Å². The van der Waals surface area contributed by atoms with Crippen LogP contribution < -0.4 is 0 Å². The van der Waals surface area contributed by atoms with Gasteiger partial charge < -0.3 is 0 Å². The number of para-hydroxylation sites is 1. The largest absolute Gasteiger partial charge is 0.227 e. The Hall–Kier alpha value is -1.09. The van der Waals surface area contributed by atoms with Crippen LogP contribution in [-0.4, -0.2) is 16.2 Å². The smallest absolute Gasteiger partial charge is 0.188 e. The van der Waals surface area contributed by atoms with Gasteiger partial charge in [-0.2, -0.15) is 0 Å². The molecule has 1 heterocycles. The van der Waals surface area contributed by atoms with E-state index in [0.717, 1.165) is 21.8 Å². The maximum atomic E-state index is 4.41. The van der Waals surface area contributed by atoms with E-state index in [1.165, 1.54) is 0 Å². The highest BCUT2D eigenvalue weighted by Crippen LogP contribution is 2.18. The zero-order valence-electron chi connectivity index (χ0n) is 7.61. The molecule has 3 heteroatoms. The van der Waals surface area contributed by atoms with Gasteiger partial charge >= 0.3 is 0 Å². The van der Waals surface area contributed by atoms with Crippen LogP contribution in [0.4, 0.5) is 0 Å². The van der Waals surface area contributed by atoms with Crippen molar-refractivity contribution in [3.05, 3.63) is 30.0 Å². The third-order valence-electron chi connectivity index (χ3n) is 1.96. The summed E-state index contributed by atoms with van der Waals surface area (Å²) in [6.45, 7) is 2.02. The van der Waals surface area contributed by atoms with Gasteiger partial charge in [-0.3, -0.25) is 0 Å². The molecule has 0 fully saturated rings. The fourth-order valence-corrected chi connectivity index (χ4v) is 1.72. The Morgan fingerprint density at radius 2 is 1.92 bits per heavy atom. The molecule has 13 heavy (non-hydrogen) atoms. The molecule has 0 bridgehead atoms. The second-order valence-electron chi connectivity index (χ2n) is 2.81. The molecule has 0 unspecified atom stereocenters. The zero-order valence-corrected chi connectivity index (χ0v) is 8.43. The molecule has 0 aliphatic heterocycles. The average molecular weight is 190 g/mol.